The van der Waals surface area contributed by atoms with Gasteiger partial charge in [0, 0.05) is 6.54 Å². The molecule has 0 radical (unpaired) electrons. The molecule has 0 spiro atoms. The van der Waals surface area contributed by atoms with Gasteiger partial charge in [-0.05, 0) is 27.2 Å². The van der Waals surface area contributed by atoms with Crippen LogP contribution in [0.1, 0.15) is 27.2 Å². The summed E-state index contributed by atoms with van der Waals surface area (Å²) in [6, 6.07) is -0.242. The molecule has 0 unspecified atom stereocenters. The fraction of sp³-hybridized carbons (Fsp3) is 0.727. The average molecular weight is 213 g/mol. The lowest BCUT2D eigenvalue weighted by Crippen LogP contribution is -2.46. The molecule has 1 rings (SSSR count). The standard InChI is InChI=1S/C11H19NO3/c1-11(2,3)15-10(14)12-7-5-4-6-9(12)8-13/h4,6,9,13H,5,7-8H2,1-3H3/t9-/m0/s1. The molecule has 1 aliphatic heterocycles. The molecule has 4 heteroatoms. The van der Waals surface area contributed by atoms with Crippen molar-refractivity contribution in [2.45, 2.75) is 38.8 Å². The summed E-state index contributed by atoms with van der Waals surface area (Å²) >= 11 is 0. The second kappa shape index (κ2) is 4.66. The number of hydrogen-bond acceptors (Lipinski definition) is 3. The van der Waals surface area contributed by atoms with E-state index in [0.29, 0.717) is 6.54 Å². The summed E-state index contributed by atoms with van der Waals surface area (Å²) in [5.74, 6) is 0. The minimum atomic E-state index is -0.488. The Bertz CT molecular complexity index is 255. The van der Waals surface area contributed by atoms with Crippen molar-refractivity contribution in [3.05, 3.63) is 12.2 Å². The fourth-order valence-corrected chi connectivity index (χ4v) is 1.44. The second-order valence-corrected chi connectivity index (χ2v) is 4.64. The maximum Gasteiger partial charge on any atom is 0.410 e. The molecule has 0 saturated heterocycles. The Morgan fingerprint density at radius 3 is 2.80 bits per heavy atom. The molecule has 1 heterocycles. The van der Waals surface area contributed by atoms with E-state index in [4.69, 9.17) is 9.84 Å². The maximum absolute atomic E-state index is 11.7. The van der Waals surface area contributed by atoms with E-state index in [1.165, 1.54) is 0 Å². The molecule has 0 aliphatic carbocycles. The number of carbonyl (C=O) groups excluding carboxylic acids is 1. The lowest BCUT2D eigenvalue weighted by Gasteiger charge is -2.33. The van der Waals surface area contributed by atoms with Crippen LogP contribution in [-0.4, -0.2) is 40.9 Å². The SMILES string of the molecule is CC(C)(C)OC(=O)N1CCC=C[C@H]1CO. The minimum absolute atomic E-state index is 0.0598. The second-order valence-electron chi connectivity index (χ2n) is 4.64. The van der Waals surface area contributed by atoms with Gasteiger partial charge in [0.2, 0.25) is 0 Å². The van der Waals surface area contributed by atoms with E-state index in [9.17, 15) is 4.79 Å². The zero-order valence-electron chi connectivity index (χ0n) is 9.56. The number of rotatable bonds is 1. The van der Waals surface area contributed by atoms with Crippen LogP contribution < -0.4 is 0 Å². The number of nitrogens with zero attached hydrogens (tertiary/aromatic N) is 1. The van der Waals surface area contributed by atoms with Gasteiger partial charge in [0.05, 0.1) is 12.6 Å². The molecule has 0 aromatic rings. The first kappa shape index (κ1) is 12.0. The van der Waals surface area contributed by atoms with Crippen molar-refractivity contribution in [2.75, 3.05) is 13.2 Å². The third kappa shape index (κ3) is 3.55. The Labute approximate surface area is 90.5 Å². The number of aliphatic hydroxyl groups excluding tert-OH is 1. The van der Waals surface area contributed by atoms with Crippen LogP contribution >= 0.6 is 0 Å². The molecular formula is C11H19NO3. The summed E-state index contributed by atoms with van der Waals surface area (Å²) < 4.78 is 5.25. The quantitative estimate of drug-likeness (QED) is 0.672. The number of aliphatic hydroxyl groups is 1. The summed E-state index contributed by atoms with van der Waals surface area (Å²) in [6.07, 6.45) is 4.27. The topological polar surface area (TPSA) is 49.8 Å². The van der Waals surface area contributed by atoms with Crippen molar-refractivity contribution in [3.63, 3.8) is 0 Å². The van der Waals surface area contributed by atoms with Gasteiger partial charge in [0.15, 0.2) is 0 Å². The van der Waals surface area contributed by atoms with Gasteiger partial charge in [0.25, 0.3) is 0 Å². The van der Waals surface area contributed by atoms with Crippen molar-refractivity contribution in [1.82, 2.24) is 4.90 Å². The highest BCUT2D eigenvalue weighted by atomic mass is 16.6. The van der Waals surface area contributed by atoms with E-state index in [0.717, 1.165) is 6.42 Å². The lowest BCUT2D eigenvalue weighted by atomic mass is 10.1. The van der Waals surface area contributed by atoms with Gasteiger partial charge in [-0.2, -0.15) is 0 Å². The van der Waals surface area contributed by atoms with Crippen LogP contribution in [0, 0.1) is 0 Å². The molecular weight excluding hydrogens is 194 g/mol. The number of carbonyl (C=O) groups is 1. The lowest BCUT2D eigenvalue weighted by molar-refractivity contribution is 0.0140. The van der Waals surface area contributed by atoms with E-state index in [-0.39, 0.29) is 18.7 Å². The summed E-state index contributed by atoms with van der Waals surface area (Å²) in [5, 5.41) is 9.11. The molecule has 1 atom stereocenters. The molecule has 4 nitrogen and oxygen atoms in total. The maximum atomic E-state index is 11.7. The predicted octanol–water partition coefficient (Wildman–Crippen LogP) is 1.54. The van der Waals surface area contributed by atoms with Gasteiger partial charge in [-0.15, -0.1) is 0 Å². The van der Waals surface area contributed by atoms with E-state index in [1.54, 1.807) is 4.90 Å². The highest BCUT2D eigenvalue weighted by Gasteiger charge is 2.27. The molecule has 0 saturated carbocycles. The van der Waals surface area contributed by atoms with Crippen LogP contribution in [0.25, 0.3) is 0 Å². The Balaban J connectivity index is 2.62. The van der Waals surface area contributed by atoms with Gasteiger partial charge in [-0.3, -0.25) is 4.90 Å². The van der Waals surface area contributed by atoms with Crippen molar-refractivity contribution in [1.29, 1.82) is 0 Å². The molecule has 1 N–H and O–H groups in total. The molecule has 0 aromatic heterocycles. The van der Waals surface area contributed by atoms with E-state index in [1.807, 2.05) is 32.9 Å². The number of ether oxygens (including phenoxy) is 1. The van der Waals surface area contributed by atoms with Crippen LogP contribution in [0.2, 0.25) is 0 Å². The van der Waals surface area contributed by atoms with Gasteiger partial charge in [-0.25, -0.2) is 4.79 Å². The van der Waals surface area contributed by atoms with Gasteiger partial charge >= 0.3 is 6.09 Å². The van der Waals surface area contributed by atoms with Crippen LogP contribution in [0.5, 0.6) is 0 Å². The average Bonchev–Trinajstić information content (AvgIpc) is 2.15. The third-order valence-corrected chi connectivity index (χ3v) is 2.11. The highest BCUT2D eigenvalue weighted by Crippen LogP contribution is 2.15. The first-order valence-corrected chi connectivity index (χ1v) is 5.21. The van der Waals surface area contributed by atoms with Crippen molar-refractivity contribution >= 4 is 6.09 Å². The van der Waals surface area contributed by atoms with Crippen LogP contribution in [-0.2, 0) is 4.74 Å². The molecule has 1 amide bonds. The summed E-state index contributed by atoms with van der Waals surface area (Å²) in [4.78, 5) is 13.3. The summed E-state index contributed by atoms with van der Waals surface area (Å²) in [5.41, 5.74) is -0.488. The minimum Gasteiger partial charge on any atom is -0.444 e. The van der Waals surface area contributed by atoms with Crippen molar-refractivity contribution in [2.24, 2.45) is 0 Å². The fourth-order valence-electron chi connectivity index (χ4n) is 1.44. The molecule has 86 valence electrons. The third-order valence-electron chi connectivity index (χ3n) is 2.11. The zero-order valence-corrected chi connectivity index (χ0v) is 9.56. The first-order chi connectivity index (χ1) is 6.94. The molecule has 0 aromatic carbocycles. The van der Waals surface area contributed by atoms with E-state index in [2.05, 4.69) is 0 Å². The first-order valence-electron chi connectivity index (χ1n) is 5.21. The van der Waals surface area contributed by atoms with Crippen molar-refractivity contribution < 1.29 is 14.6 Å². The van der Waals surface area contributed by atoms with Gasteiger partial charge in [-0.1, -0.05) is 12.2 Å². The van der Waals surface area contributed by atoms with Gasteiger partial charge in [0.1, 0.15) is 5.60 Å². The Hall–Kier alpha value is -1.03. The van der Waals surface area contributed by atoms with E-state index < -0.39 is 5.60 Å². The van der Waals surface area contributed by atoms with E-state index >= 15 is 0 Å². The Kier molecular flexibility index (Phi) is 3.74. The predicted molar refractivity (Wildman–Crippen MR) is 57.6 cm³/mol. The normalized spacial score (nSPS) is 21.6. The highest BCUT2D eigenvalue weighted by molar-refractivity contribution is 5.69. The number of hydrogen-bond donors (Lipinski definition) is 1. The summed E-state index contributed by atoms with van der Waals surface area (Å²) in [7, 11) is 0. The Morgan fingerprint density at radius 1 is 1.60 bits per heavy atom. The summed E-state index contributed by atoms with van der Waals surface area (Å²) in [6.45, 7) is 6.04. The molecule has 0 fully saturated rings. The Morgan fingerprint density at radius 2 is 2.27 bits per heavy atom. The van der Waals surface area contributed by atoms with Crippen LogP contribution in [0.3, 0.4) is 0 Å². The molecule has 0 bridgehead atoms. The van der Waals surface area contributed by atoms with Crippen molar-refractivity contribution in [3.8, 4) is 0 Å². The van der Waals surface area contributed by atoms with Crippen LogP contribution in [0.15, 0.2) is 12.2 Å². The zero-order chi connectivity index (χ0) is 11.5. The molecule has 15 heavy (non-hydrogen) atoms. The number of amides is 1. The molecule has 1 aliphatic rings. The van der Waals surface area contributed by atoms with Crippen LogP contribution in [0.4, 0.5) is 4.79 Å². The smallest absolute Gasteiger partial charge is 0.410 e. The largest absolute Gasteiger partial charge is 0.444 e. The monoisotopic (exact) mass is 213 g/mol. The van der Waals surface area contributed by atoms with Gasteiger partial charge < -0.3 is 9.84 Å².